The smallest absolute Gasteiger partial charge is 0.123 e. The minimum atomic E-state index is -0.277. The molecule has 9 rings (SSSR count). The van der Waals surface area contributed by atoms with Gasteiger partial charge in [-0.05, 0) is 106 Å². The van der Waals surface area contributed by atoms with E-state index in [9.17, 15) is 8.78 Å². The molecule has 0 spiro atoms. The van der Waals surface area contributed by atoms with Crippen LogP contribution in [0.3, 0.4) is 0 Å². The van der Waals surface area contributed by atoms with Gasteiger partial charge in [-0.1, -0.05) is 109 Å². The van der Waals surface area contributed by atoms with E-state index in [4.69, 9.17) is 0 Å². The Morgan fingerprint density at radius 1 is 0.300 bits per heavy atom. The standard InChI is InChI=1S/C46H30F2N2/c47-39-19-23-41(24-20-39)49-43(35-15-11-33(12-16-35)31-7-3-1-4-8-31)27-37-29-46-38(30-45(37)49)28-44(50(46)42-25-21-40(48)22-26-42)36-17-13-34(14-18-36)32-9-5-2-6-10-32/h1-30H. The predicted octanol–water partition coefficient (Wildman–Crippen LogP) is 12.5. The van der Waals surface area contributed by atoms with Gasteiger partial charge in [0.25, 0.3) is 0 Å². The van der Waals surface area contributed by atoms with Gasteiger partial charge in [0.15, 0.2) is 0 Å². The molecule has 7 aromatic carbocycles. The summed E-state index contributed by atoms with van der Waals surface area (Å²) >= 11 is 0. The van der Waals surface area contributed by atoms with Crippen molar-refractivity contribution in [1.29, 1.82) is 0 Å². The van der Waals surface area contributed by atoms with Crippen LogP contribution in [0.15, 0.2) is 182 Å². The Bertz CT molecular complexity index is 2410. The van der Waals surface area contributed by atoms with Gasteiger partial charge in [0.2, 0.25) is 0 Å². The molecule has 0 radical (unpaired) electrons. The van der Waals surface area contributed by atoms with Gasteiger partial charge in [-0.25, -0.2) is 8.78 Å². The lowest BCUT2D eigenvalue weighted by Crippen LogP contribution is -1.98. The van der Waals surface area contributed by atoms with Crippen molar-refractivity contribution in [2.24, 2.45) is 0 Å². The highest BCUT2D eigenvalue weighted by Gasteiger charge is 2.19. The summed E-state index contributed by atoms with van der Waals surface area (Å²) < 4.78 is 32.7. The molecule has 0 aliphatic rings. The molecule has 0 saturated heterocycles. The Balaban J connectivity index is 1.24. The average molecular weight is 649 g/mol. The molecule has 0 aliphatic carbocycles. The summed E-state index contributed by atoms with van der Waals surface area (Å²) in [5.74, 6) is -0.554. The fourth-order valence-electron chi connectivity index (χ4n) is 7.00. The third-order valence-electron chi connectivity index (χ3n) is 9.47. The number of hydrogen-bond donors (Lipinski definition) is 0. The van der Waals surface area contributed by atoms with Crippen LogP contribution in [0.5, 0.6) is 0 Å². The van der Waals surface area contributed by atoms with E-state index in [1.165, 1.54) is 24.3 Å². The first-order valence-electron chi connectivity index (χ1n) is 16.6. The monoisotopic (exact) mass is 648 g/mol. The van der Waals surface area contributed by atoms with Gasteiger partial charge >= 0.3 is 0 Å². The van der Waals surface area contributed by atoms with Gasteiger partial charge in [0.1, 0.15) is 11.6 Å². The minimum Gasteiger partial charge on any atom is -0.309 e. The van der Waals surface area contributed by atoms with E-state index < -0.39 is 0 Å². The maximum absolute atomic E-state index is 14.2. The van der Waals surface area contributed by atoms with Gasteiger partial charge in [0.05, 0.1) is 22.4 Å². The zero-order valence-corrected chi connectivity index (χ0v) is 27.0. The lowest BCUT2D eigenvalue weighted by Gasteiger charge is -2.13. The first-order valence-corrected chi connectivity index (χ1v) is 16.6. The molecule has 0 unspecified atom stereocenters. The minimum absolute atomic E-state index is 0.277. The van der Waals surface area contributed by atoms with E-state index in [2.05, 4.69) is 106 Å². The molecule has 238 valence electrons. The number of hydrogen-bond acceptors (Lipinski definition) is 0. The van der Waals surface area contributed by atoms with Crippen molar-refractivity contribution in [3.8, 4) is 56.1 Å². The quantitative estimate of drug-likeness (QED) is 0.170. The largest absolute Gasteiger partial charge is 0.309 e. The highest BCUT2D eigenvalue weighted by Crippen LogP contribution is 2.39. The number of fused-ring (bicyclic) bond motifs is 2. The van der Waals surface area contributed by atoms with Crippen LogP contribution in [-0.2, 0) is 0 Å². The number of benzene rings is 7. The predicted molar refractivity (Wildman–Crippen MR) is 202 cm³/mol. The van der Waals surface area contributed by atoms with Crippen molar-refractivity contribution in [2.45, 2.75) is 0 Å². The van der Waals surface area contributed by atoms with Crippen LogP contribution in [0.1, 0.15) is 0 Å². The Morgan fingerprint density at radius 2 is 0.620 bits per heavy atom. The molecule has 0 fully saturated rings. The maximum Gasteiger partial charge on any atom is 0.123 e. The van der Waals surface area contributed by atoms with Gasteiger partial charge < -0.3 is 9.13 Å². The lowest BCUT2D eigenvalue weighted by molar-refractivity contribution is 0.627. The second-order valence-electron chi connectivity index (χ2n) is 12.5. The summed E-state index contributed by atoms with van der Waals surface area (Å²) in [6.07, 6.45) is 0. The number of rotatable bonds is 6. The maximum atomic E-state index is 14.2. The molecule has 50 heavy (non-hydrogen) atoms. The Hall–Kier alpha value is -6.52. The molecule has 0 N–H and O–H groups in total. The summed E-state index contributed by atoms with van der Waals surface area (Å²) in [4.78, 5) is 0. The molecule has 0 atom stereocenters. The Labute approximate surface area is 288 Å². The van der Waals surface area contributed by atoms with Crippen LogP contribution in [0, 0.1) is 11.6 Å². The summed E-state index contributed by atoms with van der Waals surface area (Å²) in [7, 11) is 0. The molecule has 2 aromatic heterocycles. The molecule has 0 aliphatic heterocycles. The highest BCUT2D eigenvalue weighted by molar-refractivity contribution is 6.02. The summed E-state index contributed by atoms with van der Waals surface area (Å²) in [5.41, 5.74) is 12.5. The number of halogens is 2. The van der Waals surface area contributed by atoms with Gasteiger partial charge in [-0.15, -0.1) is 0 Å². The van der Waals surface area contributed by atoms with Crippen molar-refractivity contribution < 1.29 is 8.78 Å². The van der Waals surface area contributed by atoms with E-state index >= 15 is 0 Å². The van der Waals surface area contributed by atoms with Crippen molar-refractivity contribution in [3.63, 3.8) is 0 Å². The van der Waals surface area contributed by atoms with Crippen molar-refractivity contribution >= 4 is 21.8 Å². The Morgan fingerprint density at radius 3 is 0.980 bits per heavy atom. The van der Waals surface area contributed by atoms with Crippen LogP contribution in [0.25, 0.3) is 77.9 Å². The molecule has 0 bridgehead atoms. The van der Waals surface area contributed by atoms with Crippen molar-refractivity contribution in [3.05, 3.63) is 194 Å². The fourth-order valence-corrected chi connectivity index (χ4v) is 7.00. The first-order chi connectivity index (χ1) is 24.6. The Kier molecular flexibility index (Phi) is 7.21. The zero-order valence-electron chi connectivity index (χ0n) is 27.0. The number of nitrogens with zero attached hydrogens (tertiary/aromatic N) is 2. The topological polar surface area (TPSA) is 9.86 Å². The van der Waals surface area contributed by atoms with Crippen LogP contribution in [-0.4, -0.2) is 9.13 Å². The summed E-state index contributed by atoms with van der Waals surface area (Å²) in [6.45, 7) is 0. The van der Waals surface area contributed by atoms with E-state index in [1.54, 1.807) is 0 Å². The first kappa shape index (κ1) is 29.6. The van der Waals surface area contributed by atoms with Gasteiger partial charge in [0, 0.05) is 22.1 Å². The number of aromatic nitrogens is 2. The second kappa shape index (κ2) is 12.2. The third-order valence-corrected chi connectivity index (χ3v) is 9.47. The van der Waals surface area contributed by atoms with E-state index in [0.717, 1.165) is 77.9 Å². The zero-order chi connectivity index (χ0) is 33.6. The molecule has 0 amide bonds. The van der Waals surface area contributed by atoms with Crippen molar-refractivity contribution in [1.82, 2.24) is 9.13 Å². The van der Waals surface area contributed by atoms with E-state index in [0.29, 0.717) is 0 Å². The molecule has 4 heteroatoms. The molecule has 2 heterocycles. The second-order valence-corrected chi connectivity index (χ2v) is 12.5. The van der Waals surface area contributed by atoms with Crippen LogP contribution in [0.2, 0.25) is 0 Å². The highest BCUT2D eigenvalue weighted by atomic mass is 19.1. The summed E-state index contributed by atoms with van der Waals surface area (Å²) in [5, 5.41) is 2.08. The molecule has 2 nitrogen and oxygen atoms in total. The van der Waals surface area contributed by atoms with Crippen LogP contribution >= 0.6 is 0 Å². The summed E-state index contributed by atoms with van der Waals surface area (Å²) in [6, 6.07) is 59.9. The molecule has 9 aromatic rings. The fraction of sp³-hybridized carbons (Fsp3) is 0. The SMILES string of the molecule is Fc1ccc(-n2c(-c3ccc(-c4ccccc4)cc3)cc3cc4c(cc(-c5ccc(-c6ccccc6)cc5)n4-c4ccc(F)cc4)cc32)cc1. The molecular formula is C46H30F2N2. The average Bonchev–Trinajstić information content (AvgIpc) is 3.73. The van der Waals surface area contributed by atoms with Crippen LogP contribution in [0.4, 0.5) is 8.78 Å². The van der Waals surface area contributed by atoms with Gasteiger partial charge in [-0.3, -0.25) is 0 Å². The lowest BCUT2D eigenvalue weighted by atomic mass is 10.0. The molecule has 0 saturated carbocycles. The normalized spacial score (nSPS) is 11.4. The van der Waals surface area contributed by atoms with E-state index in [1.807, 2.05) is 60.7 Å². The molecular weight excluding hydrogens is 619 g/mol. The third kappa shape index (κ3) is 5.28. The van der Waals surface area contributed by atoms with Crippen LogP contribution < -0.4 is 0 Å². The van der Waals surface area contributed by atoms with Crippen molar-refractivity contribution in [2.75, 3.05) is 0 Å². The van der Waals surface area contributed by atoms with Gasteiger partial charge in [-0.2, -0.15) is 0 Å². The van der Waals surface area contributed by atoms with E-state index in [-0.39, 0.29) is 11.6 Å².